The summed E-state index contributed by atoms with van der Waals surface area (Å²) >= 11 is 6.19. The number of fused-ring (bicyclic) bond motifs is 1. The fraction of sp³-hybridized carbons (Fsp3) is 0.562. The number of hydrogen-bond donors (Lipinski definition) is 2. The molecular weight excluding hydrogens is 304 g/mol. The molecule has 0 bridgehead atoms. The van der Waals surface area contributed by atoms with E-state index in [2.05, 4.69) is 5.32 Å². The summed E-state index contributed by atoms with van der Waals surface area (Å²) in [7, 11) is 0. The largest absolute Gasteiger partial charge is 0.486 e. The third-order valence-electron chi connectivity index (χ3n) is 4.31. The van der Waals surface area contributed by atoms with Crippen LogP contribution in [0.5, 0.6) is 11.5 Å². The third-order valence-corrected chi connectivity index (χ3v) is 4.59. The summed E-state index contributed by atoms with van der Waals surface area (Å²) in [6.45, 7) is 1.44. The van der Waals surface area contributed by atoms with Gasteiger partial charge in [0.25, 0.3) is 0 Å². The van der Waals surface area contributed by atoms with Gasteiger partial charge in [-0.05, 0) is 36.5 Å². The fourth-order valence-electron chi connectivity index (χ4n) is 3.10. The van der Waals surface area contributed by atoms with Gasteiger partial charge in [-0.2, -0.15) is 0 Å². The van der Waals surface area contributed by atoms with E-state index in [4.69, 9.17) is 26.8 Å². The van der Waals surface area contributed by atoms with Crippen LogP contribution in [0.3, 0.4) is 0 Å². The van der Waals surface area contributed by atoms with Crippen LogP contribution in [0.1, 0.15) is 31.2 Å². The van der Waals surface area contributed by atoms with Crippen LogP contribution in [-0.4, -0.2) is 25.2 Å². The van der Waals surface area contributed by atoms with E-state index in [1.165, 1.54) is 0 Å². The van der Waals surface area contributed by atoms with Gasteiger partial charge in [0.2, 0.25) is 5.91 Å². The Morgan fingerprint density at radius 1 is 1.32 bits per heavy atom. The molecular formula is C16H21ClN2O3. The molecule has 22 heavy (non-hydrogen) atoms. The molecule has 3 rings (SSSR count). The van der Waals surface area contributed by atoms with Crippen molar-refractivity contribution in [2.45, 2.75) is 38.3 Å². The maximum atomic E-state index is 12.0. The van der Waals surface area contributed by atoms with Gasteiger partial charge in [-0.3, -0.25) is 4.79 Å². The van der Waals surface area contributed by atoms with Crippen LogP contribution >= 0.6 is 11.6 Å². The first kappa shape index (κ1) is 15.4. The highest BCUT2D eigenvalue weighted by atomic mass is 35.5. The fourth-order valence-corrected chi connectivity index (χ4v) is 3.38. The lowest BCUT2D eigenvalue weighted by atomic mass is 10.00. The van der Waals surface area contributed by atoms with Crippen molar-refractivity contribution in [3.63, 3.8) is 0 Å². The zero-order valence-electron chi connectivity index (χ0n) is 12.4. The summed E-state index contributed by atoms with van der Waals surface area (Å²) in [5.74, 6) is 1.57. The number of nitrogens with one attached hydrogen (secondary N) is 1. The predicted molar refractivity (Wildman–Crippen MR) is 84.2 cm³/mol. The maximum absolute atomic E-state index is 12.0. The van der Waals surface area contributed by atoms with Crippen LogP contribution in [0.25, 0.3) is 0 Å². The lowest BCUT2D eigenvalue weighted by molar-refractivity contribution is -0.122. The van der Waals surface area contributed by atoms with Crippen LogP contribution in [0.2, 0.25) is 5.02 Å². The topological polar surface area (TPSA) is 73.6 Å². The summed E-state index contributed by atoms with van der Waals surface area (Å²) in [6.07, 6.45) is 3.69. The van der Waals surface area contributed by atoms with E-state index in [1.807, 2.05) is 6.07 Å². The van der Waals surface area contributed by atoms with Crippen molar-refractivity contribution >= 4 is 17.5 Å². The van der Waals surface area contributed by atoms with Gasteiger partial charge in [0.05, 0.1) is 5.02 Å². The molecule has 1 aliphatic heterocycles. The average Bonchev–Trinajstić information content (AvgIpc) is 2.90. The number of halogens is 1. The van der Waals surface area contributed by atoms with Gasteiger partial charge in [0.15, 0.2) is 11.5 Å². The minimum atomic E-state index is 0.0355. The van der Waals surface area contributed by atoms with E-state index < -0.39 is 0 Å². The van der Waals surface area contributed by atoms with Crippen LogP contribution in [0.4, 0.5) is 0 Å². The summed E-state index contributed by atoms with van der Waals surface area (Å²) in [6, 6.07) is 3.83. The molecule has 3 N–H and O–H groups in total. The SMILES string of the molecule is N[C@@H]1CCC[C@H]1CC(=O)NCc1cc(Cl)c2c(c1)OCCO2. The second-order valence-corrected chi connectivity index (χ2v) is 6.34. The van der Waals surface area contributed by atoms with E-state index in [-0.39, 0.29) is 11.9 Å². The summed E-state index contributed by atoms with van der Waals surface area (Å²) in [5, 5.41) is 3.44. The first-order valence-corrected chi connectivity index (χ1v) is 8.11. The molecule has 0 spiro atoms. The van der Waals surface area contributed by atoms with Crippen molar-refractivity contribution in [1.29, 1.82) is 0 Å². The highest BCUT2D eigenvalue weighted by molar-refractivity contribution is 6.32. The molecule has 0 aromatic heterocycles. The maximum Gasteiger partial charge on any atom is 0.220 e. The molecule has 0 unspecified atom stereocenters. The standard InChI is InChI=1S/C16H21ClN2O3/c17-12-6-10(7-14-16(12)22-5-4-21-14)9-19-15(20)8-11-2-1-3-13(11)18/h6-7,11,13H,1-5,8-9,18H2,(H,19,20)/t11-,13+/m0/s1. The van der Waals surface area contributed by atoms with Crippen molar-refractivity contribution in [2.75, 3.05) is 13.2 Å². The summed E-state index contributed by atoms with van der Waals surface area (Å²) in [4.78, 5) is 12.0. The Kier molecular flexibility index (Phi) is 4.74. The third kappa shape index (κ3) is 3.47. The van der Waals surface area contributed by atoms with Gasteiger partial charge in [-0.25, -0.2) is 0 Å². The first-order valence-electron chi connectivity index (χ1n) is 7.74. The van der Waals surface area contributed by atoms with E-state index in [1.54, 1.807) is 6.07 Å². The van der Waals surface area contributed by atoms with E-state index in [0.717, 1.165) is 24.8 Å². The molecule has 1 amide bonds. The Bertz CT molecular complexity index is 565. The van der Waals surface area contributed by atoms with Gasteiger partial charge < -0.3 is 20.5 Å². The van der Waals surface area contributed by atoms with Crippen molar-refractivity contribution in [1.82, 2.24) is 5.32 Å². The average molecular weight is 325 g/mol. The summed E-state index contributed by atoms with van der Waals surface area (Å²) < 4.78 is 11.0. The smallest absolute Gasteiger partial charge is 0.220 e. The van der Waals surface area contributed by atoms with Crippen molar-refractivity contribution in [2.24, 2.45) is 11.7 Å². The van der Waals surface area contributed by atoms with Gasteiger partial charge in [-0.15, -0.1) is 0 Å². The highest BCUT2D eigenvalue weighted by Gasteiger charge is 2.26. The van der Waals surface area contributed by atoms with Crippen LogP contribution in [-0.2, 0) is 11.3 Å². The zero-order chi connectivity index (χ0) is 15.5. The Morgan fingerprint density at radius 3 is 2.91 bits per heavy atom. The molecule has 1 saturated carbocycles. The Balaban J connectivity index is 1.57. The minimum Gasteiger partial charge on any atom is -0.486 e. The molecule has 5 nitrogen and oxygen atoms in total. The molecule has 0 radical (unpaired) electrons. The van der Waals surface area contributed by atoms with Crippen LogP contribution in [0.15, 0.2) is 12.1 Å². The molecule has 1 heterocycles. The monoisotopic (exact) mass is 324 g/mol. The molecule has 1 aliphatic carbocycles. The number of benzene rings is 1. The Morgan fingerprint density at radius 2 is 2.14 bits per heavy atom. The molecule has 1 aromatic carbocycles. The normalized spacial score (nSPS) is 23.4. The van der Waals surface area contributed by atoms with E-state index >= 15 is 0 Å². The van der Waals surface area contributed by atoms with E-state index in [0.29, 0.717) is 48.6 Å². The Labute approximate surface area is 135 Å². The number of amides is 1. The quantitative estimate of drug-likeness (QED) is 0.891. The zero-order valence-corrected chi connectivity index (χ0v) is 13.2. The second kappa shape index (κ2) is 6.75. The highest BCUT2D eigenvalue weighted by Crippen LogP contribution is 2.38. The number of rotatable bonds is 4. The molecule has 1 fully saturated rings. The summed E-state index contributed by atoms with van der Waals surface area (Å²) in [5.41, 5.74) is 6.90. The van der Waals surface area contributed by atoms with E-state index in [9.17, 15) is 4.79 Å². The number of ether oxygens (including phenoxy) is 2. The van der Waals surface area contributed by atoms with Crippen LogP contribution < -0.4 is 20.5 Å². The number of carbonyl (C=O) groups is 1. The van der Waals surface area contributed by atoms with Gasteiger partial charge >= 0.3 is 0 Å². The Hall–Kier alpha value is -1.46. The van der Waals surface area contributed by atoms with Crippen molar-refractivity contribution in [3.8, 4) is 11.5 Å². The first-order chi connectivity index (χ1) is 10.6. The molecule has 1 aromatic rings. The van der Waals surface area contributed by atoms with Crippen molar-refractivity contribution < 1.29 is 14.3 Å². The van der Waals surface area contributed by atoms with Crippen molar-refractivity contribution in [3.05, 3.63) is 22.7 Å². The van der Waals surface area contributed by atoms with Gasteiger partial charge in [-0.1, -0.05) is 18.0 Å². The number of nitrogens with two attached hydrogens (primary N) is 1. The molecule has 6 heteroatoms. The minimum absolute atomic E-state index is 0.0355. The number of hydrogen-bond acceptors (Lipinski definition) is 4. The van der Waals surface area contributed by atoms with Crippen LogP contribution in [0, 0.1) is 5.92 Å². The van der Waals surface area contributed by atoms with Gasteiger partial charge in [0.1, 0.15) is 13.2 Å². The predicted octanol–water partition coefficient (Wildman–Crippen LogP) is 2.24. The molecule has 120 valence electrons. The number of carbonyl (C=O) groups excluding carboxylic acids is 1. The molecule has 0 saturated heterocycles. The lowest BCUT2D eigenvalue weighted by Crippen LogP contribution is -2.31. The lowest BCUT2D eigenvalue weighted by Gasteiger charge is -2.20. The molecule has 2 atom stereocenters. The second-order valence-electron chi connectivity index (χ2n) is 5.94. The van der Waals surface area contributed by atoms with Gasteiger partial charge in [0, 0.05) is 19.0 Å². The molecule has 2 aliphatic rings.